The van der Waals surface area contributed by atoms with Gasteiger partial charge in [0.15, 0.2) is 11.6 Å². The number of phenols is 1. The van der Waals surface area contributed by atoms with Crippen LogP contribution in [0, 0.1) is 0 Å². The molecule has 0 radical (unpaired) electrons. The van der Waals surface area contributed by atoms with E-state index in [2.05, 4.69) is 10.3 Å². The quantitative estimate of drug-likeness (QED) is 0.567. The van der Waals surface area contributed by atoms with Gasteiger partial charge in [0.25, 0.3) is 0 Å². The SMILES string of the molecule is COc1cccnc1NCc1cc(N)ccc1O. The molecule has 0 aliphatic carbocycles. The molecule has 0 saturated carbocycles. The van der Waals surface area contributed by atoms with E-state index < -0.39 is 0 Å². The molecule has 0 spiro atoms. The number of nitrogens with two attached hydrogens (primary N) is 1. The highest BCUT2D eigenvalue weighted by Gasteiger charge is 2.05. The topological polar surface area (TPSA) is 80.4 Å². The van der Waals surface area contributed by atoms with Gasteiger partial charge in [-0.25, -0.2) is 4.98 Å². The molecular weight excluding hydrogens is 230 g/mol. The summed E-state index contributed by atoms with van der Waals surface area (Å²) in [6.45, 7) is 0.421. The van der Waals surface area contributed by atoms with Gasteiger partial charge in [0.2, 0.25) is 0 Å². The highest BCUT2D eigenvalue weighted by molar-refractivity contribution is 5.52. The fourth-order valence-electron chi connectivity index (χ4n) is 1.61. The minimum Gasteiger partial charge on any atom is -0.508 e. The number of anilines is 2. The van der Waals surface area contributed by atoms with Gasteiger partial charge < -0.3 is 20.9 Å². The van der Waals surface area contributed by atoms with E-state index >= 15 is 0 Å². The minimum absolute atomic E-state index is 0.201. The molecule has 0 aliphatic rings. The number of phenolic OH excluding ortho intramolecular Hbond substituents is 1. The molecule has 1 aromatic heterocycles. The average Bonchev–Trinajstić information content (AvgIpc) is 2.40. The first-order valence-electron chi connectivity index (χ1n) is 5.51. The second-order valence-corrected chi connectivity index (χ2v) is 3.80. The van der Waals surface area contributed by atoms with E-state index in [0.29, 0.717) is 29.4 Å². The van der Waals surface area contributed by atoms with E-state index in [1.54, 1.807) is 37.6 Å². The minimum atomic E-state index is 0.201. The average molecular weight is 245 g/mol. The highest BCUT2D eigenvalue weighted by Crippen LogP contribution is 2.24. The predicted molar refractivity (Wildman–Crippen MR) is 70.6 cm³/mol. The van der Waals surface area contributed by atoms with Crippen molar-refractivity contribution in [2.24, 2.45) is 0 Å². The Labute approximate surface area is 105 Å². The van der Waals surface area contributed by atoms with E-state index in [4.69, 9.17) is 10.5 Å². The van der Waals surface area contributed by atoms with Gasteiger partial charge in [-0.3, -0.25) is 0 Å². The van der Waals surface area contributed by atoms with Gasteiger partial charge in [0, 0.05) is 24.0 Å². The number of nitrogens with one attached hydrogen (secondary N) is 1. The lowest BCUT2D eigenvalue weighted by atomic mass is 10.2. The summed E-state index contributed by atoms with van der Waals surface area (Å²) >= 11 is 0. The lowest BCUT2D eigenvalue weighted by molar-refractivity contribution is 0.414. The first-order chi connectivity index (χ1) is 8.70. The number of benzene rings is 1. The summed E-state index contributed by atoms with van der Waals surface area (Å²) < 4.78 is 5.18. The molecular formula is C13H15N3O2. The molecule has 5 nitrogen and oxygen atoms in total. The molecule has 1 aromatic carbocycles. The van der Waals surface area contributed by atoms with Gasteiger partial charge in [-0.1, -0.05) is 0 Å². The number of methoxy groups -OCH3 is 1. The monoisotopic (exact) mass is 245 g/mol. The van der Waals surface area contributed by atoms with Crippen molar-refractivity contribution in [2.75, 3.05) is 18.2 Å². The van der Waals surface area contributed by atoms with E-state index in [0.717, 1.165) is 0 Å². The molecule has 0 bridgehead atoms. The summed E-state index contributed by atoms with van der Waals surface area (Å²) in [4.78, 5) is 4.17. The summed E-state index contributed by atoms with van der Waals surface area (Å²) in [5.41, 5.74) is 6.99. The van der Waals surface area contributed by atoms with Gasteiger partial charge in [0.1, 0.15) is 5.75 Å². The van der Waals surface area contributed by atoms with E-state index in [-0.39, 0.29) is 5.75 Å². The maximum Gasteiger partial charge on any atom is 0.169 e. The number of nitrogens with zero attached hydrogens (tertiary/aromatic N) is 1. The molecule has 0 amide bonds. The summed E-state index contributed by atoms with van der Waals surface area (Å²) in [7, 11) is 1.58. The van der Waals surface area contributed by atoms with Gasteiger partial charge in [0.05, 0.1) is 7.11 Å². The van der Waals surface area contributed by atoms with Crippen molar-refractivity contribution >= 4 is 11.5 Å². The van der Waals surface area contributed by atoms with Crippen LogP contribution in [0.2, 0.25) is 0 Å². The van der Waals surface area contributed by atoms with Gasteiger partial charge in [-0.15, -0.1) is 0 Å². The van der Waals surface area contributed by atoms with Crippen LogP contribution in [0.5, 0.6) is 11.5 Å². The van der Waals surface area contributed by atoms with E-state index in [1.807, 2.05) is 6.07 Å². The summed E-state index contributed by atoms with van der Waals surface area (Å²) in [6.07, 6.45) is 1.67. The number of hydrogen-bond donors (Lipinski definition) is 3. The molecule has 0 unspecified atom stereocenters. The first-order valence-corrected chi connectivity index (χ1v) is 5.51. The highest BCUT2D eigenvalue weighted by atomic mass is 16.5. The van der Waals surface area contributed by atoms with Gasteiger partial charge >= 0.3 is 0 Å². The largest absolute Gasteiger partial charge is 0.508 e. The molecule has 5 heteroatoms. The van der Waals surface area contributed by atoms with Crippen LogP contribution in [0.25, 0.3) is 0 Å². The Hall–Kier alpha value is -2.43. The van der Waals surface area contributed by atoms with Crippen molar-refractivity contribution < 1.29 is 9.84 Å². The van der Waals surface area contributed by atoms with Crippen LogP contribution in [0.15, 0.2) is 36.5 Å². The maximum absolute atomic E-state index is 9.69. The Morgan fingerprint density at radius 3 is 3.00 bits per heavy atom. The molecule has 0 aliphatic heterocycles. The number of aromatic nitrogens is 1. The standard InChI is InChI=1S/C13H15N3O2/c1-18-12-3-2-6-15-13(12)16-8-9-7-10(14)4-5-11(9)17/h2-7,17H,8,14H2,1H3,(H,15,16). The van der Waals surface area contributed by atoms with Crippen molar-refractivity contribution in [3.05, 3.63) is 42.1 Å². The number of ether oxygens (including phenoxy) is 1. The zero-order chi connectivity index (χ0) is 13.0. The number of hydrogen-bond acceptors (Lipinski definition) is 5. The number of pyridine rings is 1. The third kappa shape index (κ3) is 2.63. The molecule has 2 rings (SSSR count). The van der Waals surface area contributed by atoms with Crippen molar-refractivity contribution in [1.29, 1.82) is 0 Å². The predicted octanol–water partition coefficient (Wildman–Crippen LogP) is 1.99. The molecule has 4 N–H and O–H groups in total. The lowest BCUT2D eigenvalue weighted by Crippen LogP contribution is -2.03. The molecule has 1 heterocycles. The second-order valence-electron chi connectivity index (χ2n) is 3.80. The maximum atomic E-state index is 9.69. The Balaban J connectivity index is 2.14. The van der Waals surface area contributed by atoms with Gasteiger partial charge in [-0.05, 0) is 30.3 Å². The molecule has 2 aromatic rings. The van der Waals surface area contributed by atoms with Crippen LogP contribution in [-0.2, 0) is 6.54 Å². The fraction of sp³-hybridized carbons (Fsp3) is 0.154. The summed E-state index contributed by atoms with van der Waals surface area (Å²) in [5, 5.41) is 12.8. The number of aromatic hydroxyl groups is 1. The Morgan fingerprint density at radius 1 is 1.39 bits per heavy atom. The van der Waals surface area contributed by atoms with Crippen LogP contribution < -0.4 is 15.8 Å². The van der Waals surface area contributed by atoms with E-state index in [1.165, 1.54) is 0 Å². The number of rotatable bonds is 4. The van der Waals surface area contributed by atoms with Crippen LogP contribution in [0.3, 0.4) is 0 Å². The molecule has 0 fully saturated rings. The molecule has 0 atom stereocenters. The second kappa shape index (κ2) is 5.27. The molecule has 0 saturated heterocycles. The Morgan fingerprint density at radius 2 is 2.22 bits per heavy atom. The fourth-order valence-corrected chi connectivity index (χ4v) is 1.61. The zero-order valence-corrected chi connectivity index (χ0v) is 10.1. The van der Waals surface area contributed by atoms with Gasteiger partial charge in [-0.2, -0.15) is 0 Å². The Bertz CT molecular complexity index is 544. The van der Waals surface area contributed by atoms with Crippen molar-refractivity contribution in [2.45, 2.75) is 6.54 Å². The summed E-state index contributed by atoms with van der Waals surface area (Å²) in [5.74, 6) is 1.48. The Kier molecular flexibility index (Phi) is 3.52. The van der Waals surface area contributed by atoms with Crippen LogP contribution in [0.1, 0.15) is 5.56 Å². The first kappa shape index (κ1) is 12.0. The van der Waals surface area contributed by atoms with Crippen molar-refractivity contribution in [3.8, 4) is 11.5 Å². The zero-order valence-electron chi connectivity index (χ0n) is 10.1. The van der Waals surface area contributed by atoms with Crippen LogP contribution >= 0.6 is 0 Å². The lowest BCUT2D eigenvalue weighted by Gasteiger charge is -2.11. The van der Waals surface area contributed by atoms with Crippen LogP contribution in [0.4, 0.5) is 11.5 Å². The molecule has 18 heavy (non-hydrogen) atoms. The molecule has 94 valence electrons. The normalized spacial score (nSPS) is 10.1. The smallest absolute Gasteiger partial charge is 0.169 e. The van der Waals surface area contributed by atoms with Crippen LogP contribution in [-0.4, -0.2) is 17.2 Å². The summed E-state index contributed by atoms with van der Waals surface area (Å²) in [6, 6.07) is 8.55. The number of nitrogen functional groups attached to an aromatic ring is 1. The van der Waals surface area contributed by atoms with E-state index in [9.17, 15) is 5.11 Å². The third-order valence-electron chi connectivity index (χ3n) is 2.54. The third-order valence-corrected chi connectivity index (χ3v) is 2.54. The van der Waals surface area contributed by atoms with Crippen molar-refractivity contribution in [1.82, 2.24) is 4.98 Å². The van der Waals surface area contributed by atoms with Crippen molar-refractivity contribution in [3.63, 3.8) is 0 Å².